The summed E-state index contributed by atoms with van der Waals surface area (Å²) in [4.78, 5) is 4.36. The van der Waals surface area contributed by atoms with Gasteiger partial charge in [0.2, 0.25) is 5.88 Å². The van der Waals surface area contributed by atoms with E-state index in [-0.39, 0.29) is 6.04 Å². The van der Waals surface area contributed by atoms with Gasteiger partial charge in [-0.05, 0) is 59.9 Å². The molecule has 0 bridgehead atoms. The zero-order chi connectivity index (χ0) is 17.1. The lowest BCUT2D eigenvalue weighted by Crippen LogP contribution is -2.22. The van der Waals surface area contributed by atoms with Crippen molar-refractivity contribution in [3.05, 3.63) is 53.2 Å². The third kappa shape index (κ3) is 3.54. The molecule has 1 aromatic heterocycles. The molecule has 1 aromatic carbocycles. The summed E-state index contributed by atoms with van der Waals surface area (Å²) < 4.78 is 10.5. The Balaban J connectivity index is 1.88. The number of rotatable bonds is 3. The Hall–Kier alpha value is -2.07. The Labute approximate surface area is 144 Å². The standard InChI is InChI=1S/C20H26N2O2/c1-13-8-15(14-4-6-17(23-2)7-5-14)10-19(21)18-12-22-20(24-3)11-16(18)9-13/h4-7,11-13,15,19H,8-10,21H2,1-3H3/t13-,15?,19+/m0/s1. The van der Waals surface area contributed by atoms with Gasteiger partial charge in [-0.2, -0.15) is 0 Å². The number of nitrogens with zero attached hydrogens (tertiary/aromatic N) is 1. The van der Waals surface area contributed by atoms with Gasteiger partial charge in [0.1, 0.15) is 5.75 Å². The zero-order valence-corrected chi connectivity index (χ0v) is 14.7. The molecule has 3 atom stereocenters. The zero-order valence-electron chi connectivity index (χ0n) is 14.7. The fraction of sp³-hybridized carbons (Fsp3) is 0.450. The van der Waals surface area contributed by atoms with Gasteiger partial charge in [-0.3, -0.25) is 0 Å². The van der Waals surface area contributed by atoms with Crippen LogP contribution in [0.1, 0.15) is 48.4 Å². The molecule has 0 spiro atoms. The van der Waals surface area contributed by atoms with Crippen LogP contribution in [0.3, 0.4) is 0 Å². The van der Waals surface area contributed by atoms with Crippen molar-refractivity contribution in [1.82, 2.24) is 4.98 Å². The van der Waals surface area contributed by atoms with Gasteiger partial charge in [0.05, 0.1) is 14.2 Å². The molecule has 0 radical (unpaired) electrons. The van der Waals surface area contributed by atoms with Crippen LogP contribution < -0.4 is 15.2 Å². The topological polar surface area (TPSA) is 57.4 Å². The molecule has 1 aliphatic rings. The van der Waals surface area contributed by atoms with E-state index in [0.29, 0.717) is 17.7 Å². The van der Waals surface area contributed by atoms with Gasteiger partial charge >= 0.3 is 0 Å². The number of pyridine rings is 1. The quantitative estimate of drug-likeness (QED) is 0.930. The van der Waals surface area contributed by atoms with Gasteiger partial charge in [-0.15, -0.1) is 0 Å². The largest absolute Gasteiger partial charge is 0.497 e. The van der Waals surface area contributed by atoms with Crippen LogP contribution in [0, 0.1) is 5.92 Å². The number of hydrogen-bond donors (Lipinski definition) is 1. The van der Waals surface area contributed by atoms with E-state index in [1.165, 1.54) is 11.1 Å². The summed E-state index contributed by atoms with van der Waals surface area (Å²) in [7, 11) is 3.35. The molecule has 0 fully saturated rings. The Morgan fingerprint density at radius 2 is 1.83 bits per heavy atom. The Kier molecular flexibility index (Phi) is 5.05. The van der Waals surface area contributed by atoms with Crippen molar-refractivity contribution in [2.24, 2.45) is 11.7 Å². The molecule has 0 saturated carbocycles. The van der Waals surface area contributed by atoms with Gasteiger partial charge in [0, 0.05) is 18.3 Å². The molecule has 2 N–H and O–H groups in total. The van der Waals surface area contributed by atoms with E-state index >= 15 is 0 Å². The van der Waals surface area contributed by atoms with Crippen molar-refractivity contribution in [2.75, 3.05) is 14.2 Å². The van der Waals surface area contributed by atoms with Crippen LogP contribution in [0.25, 0.3) is 0 Å². The van der Waals surface area contributed by atoms with Crippen LogP contribution in [0.4, 0.5) is 0 Å². The maximum absolute atomic E-state index is 6.53. The second kappa shape index (κ2) is 7.22. The van der Waals surface area contributed by atoms with Crippen molar-refractivity contribution in [1.29, 1.82) is 0 Å². The number of hydrogen-bond acceptors (Lipinski definition) is 4. The third-order valence-corrected chi connectivity index (χ3v) is 4.99. The molecule has 24 heavy (non-hydrogen) atoms. The SMILES string of the molecule is COc1ccc(C2C[C@H](C)Cc3cc(OC)ncc3[C@H](N)C2)cc1. The van der Waals surface area contributed by atoms with Crippen molar-refractivity contribution in [2.45, 2.75) is 38.1 Å². The molecule has 4 nitrogen and oxygen atoms in total. The molecule has 0 aliphatic heterocycles. The maximum Gasteiger partial charge on any atom is 0.213 e. The minimum absolute atomic E-state index is 0.00184. The molecule has 1 heterocycles. The number of nitrogens with two attached hydrogens (primary N) is 1. The number of aromatic nitrogens is 1. The number of methoxy groups -OCH3 is 2. The van der Waals surface area contributed by atoms with Crippen molar-refractivity contribution >= 4 is 0 Å². The van der Waals surface area contributed by atoms with Crippen LogP contribution in [0.15, 0.2) is 36.5 Å². The molecule has 1 unspecified atom stereocenters. The molecule has 2 aromatic rings. The minimum Gasteiger partial charge on any atom is -0.497 e. The molecule has 4 heteroatoms. The maximum atomic E-state index is 6.53. The van der Waals surface area contributed by atoms with E-state index < -0.39 is 0 Å². The Morgan fingerprint density at radius 1 is 1.08 bits per heavy atom. The highest BCUT2D eigenvalue weighted by Crippen LogP contribution is 2.38. The van der Waals surface area contributed by atoms with Gasteiger partial charge in [0.15, 0.2) is 0 Å². The summed E-state index contributed by atoms with van der Waals surface area (Å²) in [5.74, 6) is 2.59. The number of benzene rings is 1. The van der Waals surface area contributed by atoms with Crippen LogP contribution in [0.5, 0.6) is 11.6 Å². The van der Waals surface area contributed by atoms with E-state index in [2.05, 4.69) is 24.0 Å². The van der Waals surface area contributed by atoms with E-state index in [9.17, 15) is 0 Å². The molecular formula is C20H26N2O2. The normalized spacial score (nSPS) is 23.8. The number of fused-ring (bicyclic) bond motifs is 1. The summed E-state index contributed by atoms with van der Waals surface area (Å²) in [6, 6.07) is 10.4. The van der Waals surface area contributed by atoms with E-state index in [4.69, 9.17) is 15.2 Å². The smallest absolute Gasteiger partial charge is 0.213 e. The molecule has 128 valence electrons. The van der Waals surface area contributed by atoms with Gasteiger partial charge in [0.25, 0.3) is 0 Å². The van der Waals surface area contributed by atoms with Crippen LogP contribution in [-0.4, -0.2) is 19.2 Å². The lowest BCUT2D eigenvalue weighted by Gasteiger charge is -2.29. The molecule has 0 amide bonds. The van der Waals surface area contributed by atoms with E-state index in [1.807, 2.05) is 24.4 Å². The monoisotopic (exact) mass is 326 g/mol. The lowest BCUT2D eigenvalue weighted by atomic mass is 9.78. The van der Waals surface area contributed by atoms with Crippen molar-refractivity contribution < 1.29 is 9.47 Å². The molecule has 0 saturated heterocycles. The Bertz CT molecular complexity index is 685. The Morgan fingerprint density at radius 3 is 2.50 bits per heavy atom. The first-order valence-electron chi connectivity index (χ1n) is 8.53. The highest BCUT2D eigenvalue weighted by molar-refractivity contribution is 5.35. The summed E-state index contributed by atoms with van der Waals surface area (Å²) in [6.45, 7) is 2.31. The van der Waals surface area contributed by atoms with Gasteiger partial charge < -0.3 is 15.2 Å². The third-order valence-electron chi connectivity index (χ3n) is 4.99. The summed E-state index contributed by atoms with van der Waals surface area (Å²) >= 11 is 0. The van der Waals surface area contributed by atoms with Gasteiger partial charge in [-0.1, -0.05) is 19.1 Å². The summed E-state index contributed by atoms with van der Waals surface area (Å²) in [5.41, 5.74) is 10.3. The molecule has 3 rings (SSSR count). The predicted octanol–water partition coefficient (Wildman–Crippen LogP) is 3.85. The average molecular weight is 326 g/mol. The van der Waals surface area contributed by atoms with Crippen molar-refractivity contribution in [3.63, 3.8) is 0 Å². The number of ether oxygens (including phenoxy) is 2. The first-order valence-corrected chi connectivity index (χ1v) is 8.53. The van der Waals surface area contributed by atoms with Crippen LogP contribution >= 0.6 is 0 Å². The summed E-state index contributed by atoms with van der Waals surface area (Å²) in [6.07, 6.45) is 4.96. The summed E-state index contributed by atoms with van der Waals surface area (Å²) in [5, 5.41) is 0. The van der Waals surface area contributed by atoms with E-state index in [0.717, 1.165) is 30.6 Å². The highest BCUT2D eigenvalue weighted by atomic mass is 16.5. The minimum atomic E-state index is -0.00184. The van der Waals surface area contributed by atoms with Crippen molar-refractivity contribution in [3.8, 4) is 11.6 Å². The van der Waals surface area contributed by atoms with Crippen LogP contribution in [0.2, 0.25) is 0 Å². The highest BCUT2D eigenvalue weighted by Gasteiger charge is 2.25. The molecular weight excluding hydrogens is 300 g/mol. The van der Waals surface area contributed by atoms with E-state index in [1.54, 1.807) is 14.2 Å². The first kappa shape index (κ1) is 16.8. The predicted molar refractivity (Wildman–Crippen MR) is 95.6 cm³/mol. The van der Waals surface area contributed by atoms with Crippen LogP contribution in [-0.2, 0) is 6.42 Å². The second-order valence-electron chi connectivity index (χ2n) is 6.78. The lowest BCUT2D eigenvalue weighted by molar-refractivity contribution is 0.386. The fourth-order valence-electron chi connectivity index (χ4n) is 3.73. The second-order valence-corrected chi connectivity index (χ2v) is 6.78. The fourth-order valence-corrected chi connectivity index (χ4v) is 3.73. The van der Waals surface area contributed by atoms with Gasteiger partial charge in [-0.25, -0.2) is 4.98 Å². The molecule has 1 aliphatic carbocycles. The first-order chi connectivity index (χ1) is 11.6. The average Bonchev–Trinajstić information content (AvgIpc) is 2.59.